The molecule has 0 bridgehead atoms. The predicted octanol–water partition coefficient (Wildman–Crippen LogP) is 4.87. The Morgan fingerprint density at radius 1 is 1.07 bits per heavy atom. The highest BCUT2D eigenvalue weighted by Crippen LogP contribution is 2.26. The van der Waals surface area contributed by atoms with E-state index in [1.165, 1.54) is 36.0 Å². The monoisotopic (exact) mass is 382 g/mol. The van der Waals surface area contributed by atoms with E-state index in [1.807, 2.05) is 24.3 Å². The van der Waals surface area contributed by atoms with E-state index in [-0.39, 0.29) is 18.8 Å². The molecule has 2 aromatic carbocycles. The summed E-state index contributed by atoms with van der Waals surface area (Å²) in [6.07, 6.45) is 4.90. The molecule has 0 amide bonds. The lowest BCUT2D eigenvalue weighted by Gasteiger charge is -2.11. The summed E-state index contributed by atoms with van der Waals surface area (Å²) < 4.78 is 10.5. The number of carbonyl (C=O) groups is 1. The van der Waals surface area contributed by atoms with E-state index in [0.29, 0.717) is 0 Å². The van der Waals surface area contributed by atoms with E-state index in [4.69, 9.17) is 14.6 Å². The van der Waals surface area contributed by atoms with Crippen molar-refractivity contribution in [1.82, 2.24) is 0 Å². The first kappa shape index (κ1) is 21.7. The second-order valence-corrected chi connectivity index (χ2v) is 6.88. The molecule has 0 aliphatic heterocycles. The molecule has 0 aromatic heterocycles. The van der Waals surface area contributed by atoms with Gasteiger partial charge in [-0.3, -0.25) is 0 Å². The van der Waals surface area contributed by atoms with Crippen LogP contribution in [0.2, 0.25) is 0 Å². The number of rotatable bonds is 11. The van der Waals surface area contributed by atoms with Crippen LogP contribution in [0.25, 0.3) is 11.1 Å². The van der Waals surface area contributed by atoms with Gasteiger partial charge in [0.15, 0.2) is 0 Å². The average Bonchev–Trinajstić information content (AvgIpc) is 2.71. The van der Waals surface area contributed by atoms with Crippen molar-refractivity contribution < 1.29 is 19.4 Å². The molecule has 0 aliphatic rings. The van der Waals surface area contributed by atoms with Gasteiger partial charge in [-0.25, -0.2) is 4.79 Å². The van der Waals surface area contributed by atoms with E-state index in [0.717, 1.165) is 17.7 Å². The number of benzene rings is 2. The van der Waals surface area contributed by atoms with Crippen LogP contribution in [0.5, 0.6) is 5.75 Å². The summed E-state index contributed by atoms with van der Waals surface area (Å²) in [4.78, 5) is 11.4. The van der Waals surface area contributed by atoms with Gasteiger partial charge in [-0.15, -0.1) is 0 Å². The predicted molar refractivity (Wildman–Crippen MR) is 113 cm³/mol. The number of aliphatic hydroxyl groups excluding tert-OH is 1. The first-order chi connectivity index (χ1) is 13.5. The number of hydrogen-bond donors (Lipinski definition) is 1. The van der Waals surface area contributed by atoms with Gasteiger partial charge in [0.2, 0.25) is 0 Å². The lowest BCUT2D eigenvalue weighted by Crippen LogP contribution is -2.14. The van der Waals surface area contributed by atoms with Crippen molar-refractivity contribution in [1.29, 1.82) is 0 Å². The Kier molecular flexibility index (Phi) is 8.76. The molecule has 4 heteroatoms. The highest BCUT2D eigenvalue weighted by Gasteiger charge is 2.07. The minimum absolute atomic E-state index is 0.0381. The van der Waals surface area contributed by atoms with Crippen molar-refractivity contribution in [2.24, 2.45) is 0 Å². The fourth-order valence-corrected chi connectivity index (χ4v) is 2.98. The van der Waals surface area contributed by atoms with Crippen molar-refractivity contribution in [2.45, 2.75) is 39.5 Å². The summed E-state index contributed by atoms with van der Waals surface area (Å²) in [5.41, 5.74) is 5.08. The standard InChI is InChI=1S/C24H30O4/c1-4-5-6-7-20-8-13-23(18(2)16-20)21-9-11-22(12-10-21)27-14-15-28-24(26)19(3)17-25/h8-13,16,25H,3-7,14-15,17H2,1-2H3. The normalized spacial score (nSPS) is 10.5. The molecular formula is C24H30O4. The van der Waals surface area contributed by atoms with E-state index in [9.17, 15) is 4.79 Å². The number of unbranched alkanes of at least 4 members (excludes halogenated alkanes) is 2. The van der Waals surface area contributed by atoms with Crippen molar-refractivity contribution in [3.8, 4) is 16.9 Å². The summed E-state index contributed by atoms with van der Waals surface area (Å²) in [6.45, 7) is 7.74. The second kappa shape index (κ2) is 11.3. The quantitative estimate of drug-likeness (QED) is 0.342. The average molecular weight is 383 g/mol. The van der Waals surface area contributed by atoms with Gasteiger partial charge < -0.3 is 14.6 Å². The van der Waals surface area contributed by atoms with Crippen LogP contribution in [0.15, 0.2) is 54.6 Å². The summed E-state index contributed by atoms with van der Waals surface area (Å²) in [5.74, 6) is 0.115. The Morgan fingerprint density at radius 3 is 2.46 bits per heavy atom. The molecule has 0 saturated carbocycles. The zero-order chi connectivity index (χ0) is 20.4. The van der Waals surface area contributed by atoms with Crippen LogP contribution in [0.3, 0.4) is 0 Å². The molecule has 2 rings (SSSR count). The van der Waals surface area contributed by atoms with Gasteiger partial charge >= 0.3 is 5.97 Å². The minimum Gasteiger partial charge on any atom is -0.490 e. The number of esters is 1. The molecule has 0 radical (unpaired) electrons. The maximum Gasteiger partial charge on any atom is 0.335 e. The van der Waals surface area contributed by atoms with Gasteiger partial charge in [0.1, 0.15) is 19.0 Å². The third-order valence-electron chi connectivity index (χ3n) is 4.59. The molecule has 0 heterocycles. The molecule has 0 spiro atoms. The molecule has 2 aromatic rings. The van der Waals surface area contributed by atoms with Gasteiger partial charge in [0.25, 0.3) is 0 Å². The number of carbonyl (C=O) groups excluding carboxylic acids is 1. The van der Waals surface area contributed by atoms with E-state index in [1.54, 1.807) is 0 Å². The molecule has 0 aliphatic carbocycles. The highest BCUT2D eigenvalue weighted by atomic mass is 16.6. The van der Waals surface area contributed by atoms with Crippen molar-refractivity contribution in [2.75, 3.05) is 19.8 Å². The Hall–Kier alpha value is -2.59. The molecule has 28 heavy (non-hydrogen) atoms. The minimum atomic E-state index is -0.602. The highest BCUT2D eigenvalue weighted by molar-refractivity contribution is 5.87. The van der Waals surface area contributed by atoms with Gasteiger partial charge in [-0.2, -0.15) is 0 Å². The fraction of sp³-hybridized carbons (Fsp3) is 0.375. The first-order valence-corrected chi connectivity index (χ1v) is 9.83. The number of aryl methyl sites for hydroxylation is 2. The molecule has 1 N–H and O–H groups in total. The van der Waals surface area contributed by atoms with Crippen molar-refractivity contribution in [3.63, 3.8) is 0 Å². The molecule has 4 nitrogen and oxygen atoms in total. The maximum atomic E-state index is 11.4. The molecule has 0 fully saturated rings. The van der Waals surface area contributed by atoms with Gasteiger partial charge in [-0.1, -0.05) is 56.7 Å². The Bertz CT molecular complexity index is 778. The van der Waals surface area contributed by atoms with E-state index < -0.39 is 12.6 Å². The summed E-state index contributed by atoms with van der Waals surface area (Å²) in [5, 5.41) is 8.81. The Balaban J connectivity index is 1.88. The Labute approximate surface area is 167 Å². The van der Waals surface area contributed by atoms with Crippen molar-refractivity contribution >= 4 is 5.97 Å². The van der Waals surface area contributed by atoms with Crippen LogP contribution >= 0.6 is 0 Å². The lowest BCUT2D eigenvalue weighted by atomic mass is 9.96. The van der Waals surface area contributed by atoms with E-state index in [2.05, 4.69) is 38.6 Å². The molecule has 150 valence electrons. The molecule has 0 unspecified atom stereocenters. The second-order valence-electron chi connectivity index (χ2n) is 6.88. The van der Waals surface area contributed by atoms with Crippen LogP contribution in [0.4, 0.5) is 0 Å². The summed E-state index contributed by atoms with van der Waals surface area (Å²) in [7, 11) is 0. The van der Waals surface area contributed by atoms with Crippen LogP contribution in [0, 0.1) is 6.92 Å². The van der Waals surface area contributed by atoms with E-state index >= 15 is 0 Å². The third-order valence-corrected chi connectivity index (χ3v) is 4.59. The molecule has 0 atom stereocenters. The summed E-state index contributed by atoms with van der Waals surface area (Å²) >= 11 is 0. The Morgan fingerprint density at radius 2 is 1.82 bits per heavy atom. The number of aliphatic hydroxyl groups is 1. The lowest BCUT2D eigenvalue weighted by molar-refractivity contribution is -0.140. The zero-order valence-corrected chi connectivity index (χ0v) is 16.9. The van der Waals surface area contributed by atoms with Crippen LogP contribution in [-0.4, -0.2) is 30.9 Å². The van der Waals surface area contributed by atoms with Crippen LogP contribution in [0.1, 0.15) is 37.3 Å². The van der Waals surface area contributed by atoms with Gasteiger partial charge in [-0.05, 0) is 54.2 Å². The van der Waals surface area contributed by atoms with Crippen LogP contribution < -0.4 is 4.74 Å². The smallest absolute Gasteiger partial charge is 0.335 e. The van der Waals surface area contributed by atoms with Crippen LogP contribution in [-0.2, 0) is 16.0 Å². The third kappa shape index (κ3) is 6.54. The fourth-order valence-electron chi connectivity index (χ4n) is 2.98. The van der Waals surface area contributed by atoms with Crippen molar-refractivity contribution in [3.05, 3.63) is 65.7 Å². The van der Waals surface area contributed by atoms with Gasteiger partial charge in [0, 0.05) is 0 Å². The largest absolute Gasteiger partial charge is 0.490 e. The maximum absolute atomic E-state index is 11.4. The summed E-state index contributed by atoms with van der Waals surface area (Å²) in [6, 6.07) is 14.6. The molecular weight excluding hydrogens is 352 g/mol. The van der Waals surface area contributed by atoms with Gasteiger partial charge in [0.05, 0.1) is 12.2 Å². The zero-order valence-electron chi connectivity index (χ0n) is 16.9. The number of ether oxygens (including phenoxy) is 2. The number of hydrogen-bond acceptors (Lipinski definition) is 4. The first-order valence-electron chi connectivity index (χ1n) is 9.83. The SMILES string of the molecule is C=C(CO)C(=O)OCCOc1ccc(-c2ccc(CCCCC)cc2C)cc1. The molecule has 0 saturated heterocycles. The topological polar surface area (TPSA) is 55.8 Å².